The zero-order valence-corrected chi connectivity index (χ0v) is 9.08. The summed E-state index contributed by atoms with van der Waals surface area (Å²) in [5, 5.41) is 9.05. The first-order chi connectivity index (χ1) is 8.36. The molecule has 0 aliphatic rings. The molecule has 1 unspecified atom stereocenters. The fourth-order valence-corrected chi connectivity index (χ4v) is 1.70. The first-order valence-corrected chi connectivity index (χ1v) is 5.11. The first-order valence-electron chi connectivity index (χ1n) is 5.11. The van der Waals surface area contributed by atoms with Gasteiger partial charge in [0.15, 0.2) is 0 Å². The van der Waals surface area contributed by atoms with Crippen molar-refractivity contribution < 1.29 is 4.84 Å². The van der Waals surface area contributed by atoms with Crippen LogP contribution in [-0.2, 0) is 4.84 Å². The van der Waals surface area contributed by atoms with Gasteiger partial charge in [-0.2, -0.15) is 5.26 Å². The Morgan fingerprint density at radius 2 is 1.88 bits per heavy atom. The van der Waals surface area contributed by atoms with Crippen LogP contribution in [0.5, 0.6) is 0 Å². The fourth-order valence-electron chi connectivity index (χ4n) is 1.70. The van der Waals surface area contributed by atoms with Crippen LogP contribution in [0.15, 0.2) is 48.8 Å². The Hall–Kier alpha value is -2.22. The van der Waals surface area contributed by atoms with E-state index in [0.717, 1.165) is 11.1 Å². The normalized spacial score (nSPS) is 11.8. The molecule has 4 nitrogen and oxygen atoms in total. The number of pyridine rings is 1. The van der Waals surface area contributed by atoms with E-state index in [1.165, 1.54) is 0 Å². The van der Waals surface area contributed by atoms with Crippen molar-refractivity contribution in [1.29, 1.82) is 5.26 Å². The molecule has 0 amide bonds. The number of nitrogens with two attached hydrogens (primary N) is 1. The third-order valence-electron chi connectivity index (χ3n) is 2.51. The SMILES string of the molecule is N#Cc1ccccc1C(ON)c1ccncc1. The Balaban J connectivity index is 2.47. The van der Waals surface area contributed by atoms with E-state index in [2.05, 4.69) is 11.1 Å². The zero-order valence-electron chi connectivity index (χ0n) is 9.08. The molecule has 0 radical (unpaired) electrons. The van der Waals surface area contributed by atoms with E-state index in [-0.39, 0.29) is 0 Å². The quantitative estimate of drug-likeness (QED) is 0.810. The fraction of sp³-hybridized carbons (Fsp3) is 0.0769. The molecule has 4 heteroatoms. The van der Waals surface area contributed by atoms with Crippen molar-refractivity contribution in [1.82, 2.24) is 4.98 Å². The van der Waals surface area contributed by atoms with Gasteiger partial charge in [-0.15, -0.1) is 0 Å². The van der Waals surface area contributed by atoms with E-state index in [1.54, 1.807) is 18.5 Å². The van der Waals surface area contributed by atoms with Crippen LogP contribution in [0.1, 0.15) is 22.8 Å². The van der Waals surface area contributed by atoms with E-state index in [0.29, 0.717) is 5.56 Å². The summed E-state index contributed by atoms with van der Waals surface area (Å²) >= 11 is 0. The molecule has 0 spiro atoms. The number of benzene rings is 1. The van der Waals surface area contributed by atoms with Crippen LogP contribution in [0.2, 0.25) is 0 Å². The topological polar surface area (TPSA) is 71.9 Å². The monoisotopic (exact) mass is 225 g/mol. The lowest BCUT2D eigenvalue weighted by Crippen LogP contribution is -2.12. The highest BCUT2D eigenvalue weighted by Gasteiger charge is 2.17. The molecule has 1 atom stereocenters. The molecule has 0 aliphatic heterocycles. The van der Waals surface area contributed by atoms with Gasteiger partial charge in [0, 0.05) is 18.0 Å². The standard InChI is InChI=1S/C13H11N3O/c14-9-11-3-1-2-4-12(11)13(17-15)10-5-7-16-8-6-10/h1-8,13H,15H2. The van der Waals surface area contributed by atoms with Gasteiger partial charge in [-0.05, 0) is 23.8 Å². The Bertz CT molecular complexity index is 534. The Labute approximate surface area is 99.2 Å². The lowest BCUT2D eigenvalue weighted by atomic mass is 9.98. The summed E-state index contributed by atoms with van der Waals surface area (Å²) in [4.78, 5) is 8.92. The van der Waals surface area contributed by atoms with Crippen LogP contribution in [0.3, 0.4) is 0 Å². The van der Waals surface area contributed by atoms with Crippen LogP contribution >= 0.6 is 0 Å². The second-order valence-electron chi connectivity index (χ2n) is 3.50. The second-order valence-corrected chi connectivity index (χ2v) is 3.50. The molecule has 0 saturated carbocycles. The van der Waals surface area contributed by atoms with E-state index in [4.69, 9.17) is 16.0 Å². The maximum Gasteiger partial charge on any atom is 0.130 e. The average Bonchev–Trinajstić information content (AvgIpc) is 2.41. The Morgan fingerprint density at radius 1 is 1.18 bits per heavy atom. The third kappa shape index (κ3) is 2.31. The molecule has 1 aromatic carbocycles. The maximum atomic E-state index is 9.05. The van der Waals surface area contributed by atoms with Crippen molar-refractivity contribution in [3.8, 4) is 6.07 Å². The molecule has 84 valence electrons. The predicted molar refractivity (Wildman–Crippen MR) is 62.5 cm³/mol. The van der Waals surface area contributed by atoms with Crippen LogP contribution in [0, 0.1) is 11.3 Å². The minimum absolute atomic E-state index is 0.450. The summed E-state index contributed by atoms with van der Waals surface area (Å²) in [6.45, 7) is 0. The smallest absolute Gasteiger partial charge is 0.130 e. The number of hydrogen-bond donors (Lipinski definition) is 1. The van der Waals surface area contributed by atoms with Gasteiger partial charge in [-0.1, -0.05) is 18.2 Å². The van der Waals surface area contributed by atoms with Crippen molar-refractivity contribution in [3.63, 3.8) is 0 Å². The second kappa shape index (κ2) is 5.21. The van der Waals surface area contributed by atoms with Gasteiger partial charge in [0.05, 0.1) is 11.6 Å². The summed E-state index contributed by atoms with van der Waals surface area (Å²) in [6.07, 6.45) is 2.88. The van der Waals surface area contributed by atoms with Gasteiger partial charge >= 0.3 is 0 Å². The number of rotatable bonds is 3. The number of aromatic nitrogens is 1. The summed E-state index contributed by atoms with van der Waals surface area (Å²) in [5.41, 5.74) is 2.17. The summed E-state index contributed by atoms with van der Waals surface area (Å²) in [5.74, 6) is 5.33. The molecule has 0 saturated heterocycles. The summed E-state index contributed by atoms with van der Waals surface area (Å²) in [7, 11) is 0. The number of nitriles is 1. The lowest BCUT2D eigenvalue weighted by molar-refractivity contribution is 0.0811. The van der Waals surface area contributed by atoms with Gasteiger partial charge in [-0.25, -0.2) is 5.90 Å². The molecule has 2 N–H and O–H groups in total. The molecule has 2 aromatic rings. The van der Waals surface area contributed by atoms with Crippen molar-refractivity contribution in [3.05, 3.63) is 65.5 Å². The third-order valence-corrected chi connectivity index (χ3v) is 2.51. The molecule has 0 fully saturated rings. The highest BCUT2D eigenvalue weighted by Crippen LogP contribution is 2.26. The Morgan fingerprint density at radius 3 is 2.53 bits per heavy atom. The van der Waals surface area contributed by atoms with Gasteiger partial charge in [0.1, 0.15) is 6.10 Å². The Kier molecular flexibility index (Phi) is 3.46. The van der Waals surface area contributed by atoms with Crippen molar-refractivity contribution in [2.45, 2.75) is 6.10 Å². The van der Waals surface area contributed by atoms with Crippen molar-refractivity contribution in [2.75, 3.05) is 0 Å². The van der Waals surface area contributed by atoms with Crippen molar-refractivity contribution >= 4 is 0 Å². The van der Waals surface area contributed by atoms with Crippen LogP contribution in [0.4, 0.5) is 0 Å². The largest absolute Gasteiger partial charge is 0.292 e. The summed E-state index contributed by atoms with van der Waals surface area (Å²) < 4.78 is 0. The zero-order chi connectivity index (χ0) is 12.1. The minimum Gasteiger partial charge on any atom is -0.292 e. The van der Waals surface area contributed by atoms with E-state index >= 15 is 0 Å². The van der Waals surface area contributed by atoms with Crippen LogP contribution in [0.25, 0.3) is 0 Å². The average molecular weight is 225 g/mol. The first kappa shape index (κ1) is 11.3. The van der Waals surface area contributed by atoms with Crippen molar-refractivity contribution in [2.24, 2.45) is 5.90 Å². The van der Waals surface area contributed by atoms with Gasteiger partial charge in [-0.3, -0.25) is 9.82 Å². The molecule has 0 bridgehead atoms. The van der Waals surface area contributed by atoms with E-state index in [9.17, 15) is 0 Å². The predicted octanol–water partition coefficient (Wildman–Crippen LogP) is 1.93. The van der Waals surface area contributed by atoms with E-state index in [1.807, 2.05) is 30.3 Å². The minimum atomic E-state index is -0.450. The maximum absolute atomic E-state index is 9.05. The molecule has 2 rings (SSSR count). The van der Waals surface area contributed by atoms with Crippen LogP contribution in [-0.4, -0.2) is 4.98 Å². The number of nitrogens with zero attached hydrogens (tertiary/aromatic N) is 2. The molecular weight excluding hydrogens is 214 g/mol. The van der Waals surface area contributed by atoms with Gasteiger partial charge in [0.25, 0.3) is 0 Å². The van der Waals surface area contributed by atoms with Crippen LogP contribution < -0.4 is 5.90 Å². The molecule has 1 aromatic heterocycles. The van der Waals surface area contributed by atoms with Gasteiger partial charge in [0.2, 0.25) is 0 Å². The lowest BCUT2D eigenvalue weighted by Gasteiger charge is -2.16. The molecular formula is C13H11N3O. The highest BCUT2D eigenvalue weighted by molar-refractivity contribution is 5.42. The summed E-state index contributed by atoms with van der Waals surface area (Å²) in [6, 6.07) is 13.0. The molecule has 1 heterocycles. The molecule has 17 heavy (non-hydrogen) atoms. The molecule has 0 aliphatic carbocycles. The van der Waals surface area contributed by atoms with E-state index < -0.39 is 6.10 Å². The highest BCUT2D eigenvalue weighted by atomic mass is 16.6. The van der Waals surface area contributed by atoms with Gasteiger partial charge < -0.3 is 0 Å². The number of hydrogen-bond acceptors (Lipinski definition) is 4.